The van der Waals surface area contributed by atoms with E-state index in [1.807, 2.05) is 18.2 Å². The molecule has 0 aliphatic heterocycles. The lowest BCUT2D eigenvalue weighted by Gasteiger charge is -2.15. The highest BCUT2D eigenvalue weighted by atomic mass is 16.5. The molecule has 2 nitrogen and oxygen atoms in total. The van der Waals surface area contributed by atoms with Crippen molar-refractivity contribution in [1.29, 1.82) is 0 Å². The van der Waals surface area contributed by atoms with Gasteiger partial charge in [-0.05, 0) is 61.2 Å². The lowest BCUT2D eigenvalue weighted by molar-refractivity contribution is 0.416. The van der Waals surface area contributed by atoms with Crippen LogP contribution in [0.3, 0.4) is 0 Å². The summed E-state index contributed by atoms with van der Waals surface area (Å²) in [6.45, 7) is 6.27. The monoisotopic (exact) mass is 241 g/mol. The predicted molar refractivity (Wildman–Crippen MR) is 77.1 cm³/mol. The van der Waals surface area contributed by atoms with E-state index in [4.69, 9.17) is 10.5 Å². The van der Waals surface area contributed by atoms with Crippen molar-refractivity contribution < 1.29 is 4.74 Å². The third kappa shape index (κ3) is 2.19. The molecule has 94 valence electrons. The quantitative estimate of drug-likeness (QED) is 0.810. The third-order valence-electron chi connectivity index (χ3n) is 3.19. The fraction of sp³-hybridized carbons (Fsp3) is 0.250. The van der Waals surface area contributed by atoms with Crippen LogP contribution in [-0.2, 0) is 0 Å². The lowest BCUT2D eigenvalue weighted by atomic mass is 9.94. The van der Waals surface area contributed by atoms with Crippen molar-refractivity contribution in [2.75, 3.05) is 12.8 Å². The number of ether oxygens (including phenoxy) is 1. The largest absolute Gasteiger partial charge is 0.496 e. The highest BCUT2D eigenvalue weighted by Crippen LogP contribution is 2.36. The molecule has 0 spiro atoms. The molecule has 0 saturated heterocycles. The van der Waals surface area contributed by atoms with Gasteiger partial charge in [-0.2, -0.15) is 0 Å². The zero-order valence-corrected chi connectivity index (χ0v) is 11.4. The number of nitrogens with two attached hydrogens (primary N) is 1. The normalized spacial score (nSPS) is 10.4. The van der Waals surface area contributed by atoms with Gasteiger partial charge in [-0.1, -0.05) is 12.1 Å². The Labute approximate surface area is 108 Å². The minimum absolute atomic E-state index is 0.776. The Balaban J connectivity index is 2.74. The molecule has 18 heavy (non-hydrogen) atoms. The minimum Gasteiger partial charge on any atom is -0.496 e. The summed E-state index contributed by atoms with van der Waals surface area (Å²) in [4.78, 5) is 0. The molecule has 0 saturated carbocycles. The highest BCUT2D eigenvalue weighted by molar-refractivity contribution is 5.79. The van der Waals surface area contributed by atoms with Gasteiger partial charge in [-0.25, -0.2) is 0 Å². The van der Waals surface area contributed by atoms with Crippen molar-refractivity contribution in [1.82, 2.24) is 0 Å². The summed E-state index contributed by atoms with van der Waals surface area (Å²) in [6.07, 6.45) is 0. The van der Waals surface area contributed by atoms with Crippen molar-refractivity contribution in [3.63, 3.8) is 0 Å². The molecular formula is C16H19NO. The van der Waals surface area contributed by atoms with Crippen LogP contribution in [0.1, 0.15) is 16.7 Å². The first kappa shape index (κ1) is 12.5. The van der Waals surface area contributed by atoms with Gasteiger partial charge in [-0.3, -0.25) is 0 Å². The number of hydrogen-bond acceptors (Lipinski definition) is 2. The fourth-order valence-electron chi connectivity index (χ4n) is 2.34. The van der Waals surface area contributed by atoms with E-state index >= 15 is 0 Å². The van der Waals surface area contributed by atoms with Gasteiger partial charge in [0.15, 0.2) is 0 Å². The van der Waals surface area contributed by atoms with Crippen LogP contribution in [0.25, 0.3) is 11.1 Å². The predicted octanol–water partition coefficient (Wildman–Crippen LogP) is 3.87. The molecule has 2 rings (SSSR count). The van der Waals surface area contributed by atoms with Gasteiger partial charge >= 0.3 is 0 Å². The summed E-state index contributed by atoms with van der Waals surface area (Å²) in [5.74, 6) is 0.904. The average Bonchev–Trinajstić information content (AvgIpc) is 2.32. The van der Waals surface area contributed by atoms with Gasteiger partial charge in [0.2, 0.25) is 0 Å². The number of nitrogen functional groups attached to an aromatic ring is 1. The molecule has 0 amide bonds. The summed E-state index contributed by atoms with van der Waals surface area (Å²) < 4.78 is 5.52. The molecule has 0 aliphatic rings. The number of rotatable bonds is 2. The summed E-state index contributed by atoms with van der Waals surface area (Å²) in [5.41, 5.74) is 12.6. The van der Waals surface area contributed by atoms with E-state index in [2.05, 4.69) is 32.9 Å². The molecule has 2 aromatic rings. The van der Waals surface area contributed by atoms with E-state index in [1.165, 1.54) is 16.7 Å². The van der Waals surface area contributed by atoms with Crippen molar-refractivity contribution in [3.8, 4) is 16.9 Å². The van der Waals surface area contributed by atoms with E-state index < -0.39 is 0 Å². The third-order valence-corrected chi connectivity index (χ3v) is 3.19. The molecule has 2 heteroatoms. The van der Waals surface area contributed by atoms with Crippen LogP contribution in [0.15, 0.2) is 30.3 Å². The van der Waals surface area contributed by atoms with Crippen LogP contribution in [0.4, 0.5) is 5.69 Å². The fourth-order valence-corrected chi connectivity index (χ4v) is 2.34. The van der Waals surface area contributed by atoms with Crippen LogP contribution in [0.2, 0.25) is 0 Å². The maximum absolute atomic E-state index is 5.90. The van der Waals surface area contributed by atoms with Gasteiger partial charge in [0.25, 0.3) is 0 Å². The van der Waals surface area contributed by atoms with Gasteiger partial charge in [0, 0.05) is 11.3 Å². The van der Waals surface area contributed by atoms with E-state index in [9.17, 15) is 0 Å². The Kier molecular flexibility index (Phi) is 3.28. The molecule has 0 unspecified atom stereocenters. The Morgan fingerprint density at radius 1 is 0.944 bits per heavy atom. The summed E-state index contributed by atoms with van der Waals surface area (Å²) in [6, 6.07) is 10.2. The van der Waals surface area contributed by atoms with Gasteiger partial charge < -0.3 is 10.5 Å². The molecule has 2 N–H and O–H groups in total. The first-order chi connectivity index (χ1) is 8.52. The Morgan fingerprint density at radius 3 is 2.33 bits per heavy atom. The van der Waals surface area contributed by atoms with Crippen molar-refractivity contribution >= 4 is 5.69 Å². The maximum atomic E-state index is 5.90. The number of benzene rings is 2. The van der Waals surface area contributed by atoms with Crippen LogP contribution in [0.5, 0.6) is 5.75 Å². The van der Waals surface area contributed by atoms with E-state index in [0.29, 0.717) is 0 Å². The second-order valence-corrected chi connectivity index (χ2v) is 4.73. The Hall–Kier alpha value is -1.96. The van der Waals surface area contributed by atoms with Crippen LogP contribution >= 0.6 is 0 Å². The van der Waals surface area contributed by atoms with Crippen LogP contribution < -0.4 is 10.5 Å². The molecule has 0 heterocycles. The van der Waals surface area contributed by atoms with Crippen molar-refractivity contribution in [3.05, 3.63) is 47.0 Å². The van der Waals surface area contributed by atoms with Gasteiger partial charge in [0.05, 0.1) is 7.11 Å². The van der Waals surface area contributed by atoms with E-state index in [1.54, 1.807) is 7.11 Å². The summed E-state index contributed by atoms with van der Waals surface area (Å²) >= 11 is 0. The number of anilines is 1. The molecule has 2 aromatic carbocycles. The first-order valence-corrected chi connectivity index (χ1v) is 6.04. The zero-order valence-electron chi connectivity index (χ0n) is 11.4. The molecule has 0 aromatic heterocycles. The lowest BCUT2D eigenvalue weighted by Crippen LogP contribution is -1.95. The Morgan fingerprint density at radius 2 is 1.67 bits per heavy atom. The Bertz CT molecular complexity index is 588. The number of aryl methyl sites for hydroxylation is 3. The molecule has 0 bridgehead atoms. The molecule has 0 radical (unpaired) electrons. The first-order valence-electron chi connectivity index (χ1n) is 6.04. The zero-order chi connectivity index (χ0) is 13.3. The van der Waals surface area contributed by atoms with E-state index in [-0.39, 0.29) is 0 Å². The van der Waals surface area contributed by atoms with Crippen molar-refractivity contribution in [2.45, 2.75) is 20.8 Å². The van der Waals surface area contributed by atoms with Crippen LogP contribution in [-0.4, -0.2) is 7.11 Å². The summed E-state index contributed by atoms with van der Waals surface area (Å²) in [5, 5.41) is 0. The minimum atomic E-state index is 0.776. The average molecular weight is 241 g/mol. The topological polar surface area (TPSA) is 35.2 Å². The van der Waals surface area contributed by atoms with Gasteiger partial charge in [0.1, 0.15) is 5.75 Å². The number of methoxy groups -OCH3 is 1. The van der Waals surface area contributed by atoms with Gasteiger partial charge in [-0.15, -0.1) is 0 Å². The number of hydrogen-bond donors (Lipinski definition) is 1. The maximum Gasteiger partial charge on any atom is 0.127 e. The second kappa shape index (κ2) is 4.73. The van der Waals surface area contributed by atoms with Crippen LogP contribution in [0, 0.1) is 20.8 Å². The molecule has 0 fully saturated rings. The van der Waals surface area contributed by atoms with Crippen molar-refractivity contribution in [2.24, 2.45) is 0 Å². The highest BCUT2D eigenvalue weighted by Gasteiger charge is 2.12. The smallest absolute Gasteiger partial charge is 0.127 e. The van der Waals surface area contributed by atoms with E-state index in [0.717, 1.165) is 22.6 Å². The standard InChI is InChI=1S/C16H19NO/c1-10-7-12(3)16(15(8-10)18-4)14-9-13(17)6-5-11(14)2/h5-9H,17H2,1-4H3. The molecular weight excluding hydrogens is 222 g/mol. The SMILES string of the molecule is COc1cc(C)cc(C)c1-c1cc(N)ccc1C. The molecule has 0 atom stereocenters. The second-order valence-electron chi connectivity index (χ2n) is 4.73. The molecule has 0 aliphatic carbocycles. The summed E-state index contributed by atoms with van der Waals surface area (Å²) in [7, 11) is 1.71.